The summed E-state index contributed by atoms with van der Waals surface area (Å²) < 4.78 is 48.8. The van der Waals surface area contributed by atoms with E-state index in [1.165, 1.54) is 24.0 Å². The minimum absolute atomic E-state index is 0.0644. The monoisotopic (exact) mass is 352 g/mol. The first-order valence-electron chi connectivity index (χ1n) is 8.01. The summed E-state index contributed by atoms with van der Waals surface area (Å²) in [7, 11) is 2.52. The molecule has 0 aliphatic carbocycles. The Labute approximate surface area is 138 Å². The van der Waals surface area contributed by atoms with Gasteiger partial charge in [0.15, 0.2) is 0 Å². The number of amides is 1. The van der Waals surface area contributed by atoms with Crippen molar-refractivity contribution < 1.29 is 32.2 Å². The summed E-state index contributed by atoms with van der Waals surface area (Å²) in [5.41, 5.74) is 0. The van der Waals surface area contributed by atoms with Crippen LogP contribution in [0.15, 0.2) is 0 Å². The number of hydrogen-bond acceptors (Lipinski definition) is 5. The van der Waals surface area contributed by atoms with E-state index in [1.807, 2.05) is 0 Å². The molecule has 2 fully saturated rings. The van der Waals surface area contributed by atoms with E-state index in [-0.39, 0.29) is 25.9 Å². The van der Waals surface area contributed by atoms with E-state index in [1.54, 1.807) is 0 Å². The van der Waals surface area contributed by atoms with Gasteiger partial charge in [-0.1, -0.05) is 0 Å². The van der Waals surface area contributed by atoms with Crippen molar-refractivity contribution in [1.82, 2.24) is 9.80 Å². The average molecular weight is 352 g/mol. The highest BCUT2D eigenvalue weighted by atomic mass is 19.4. The molecular weight excluding hydrogens is 329 g/mol. The van der Waals surface area contributed by atoms with Crippen LogP contribution in [0.3, 0.4) is 0 Å². The molecule has 2 rings (SSSR count). The van der Waals surface area contributed by atoms with Crippen LogP contribution in [-0.2, 0) is 14.3 Å². The Morgan fingerprint density at radius 3 is 2.42 bits per heavy atom. The van der Waals surface area contributed by atoms with Crippen molar-refractivity contribution in [2.75, 3.05) is 33.9 Å². The van der Waals surface area contributed by atoms with Crippen LogP contribution in [0.2, 0.25) is 0 Å². The van der Waals surface area contributed by atoms with Crippen LogP contribution < -0.4 is 0 Å². The lowest BCUT2D eigenvalue weighted by molar-refractivity contribution is -0.178. The number of esters is 1. The zero-order valence-corrected chi connectivity index (χ0v) is 13.8. The normalized spacial score (nSPS) is 28.7. The molecule has 138 valence electrons. The molecule has 0 N–H and O–H groups in total. The van der Waals surface area contributed by atoms with Gasteiger partial charge in [0, 0.05) is 19.1 Å². The maximum absolute atomic E-state index is 13.1. The first-order valence-corrected chi connectivity index (χ1v) is 8.01. The second-order valence-electron chi connectivity index (χ2n) is 6.26. The van der Waals surface area contributed by atoms with Gasteiger partial charge in [0.2, 0.25) is 0 Å². The molecule has 0 aromatic carbocycles. The topological polar surface area (TPSA) is 59.1 Å². The van der Waals surface area contributed by atoms with Crippen LogP contribution in [0.4, 0.5) is 18.0 Å². The number of piperidine rings is 1. The summed E-state index contributed by atoms with van der Waals surface area (Å²) in [5.74, 6) is -0.800. The van der Waals surface area contributed by atoms with Gasteiger partial charge in [-0.05, 0) is 32.2 Å². The summed E-state index contributed by atoms with van der Waals surface area (Å²) in [6.07, 6.45) is -3.64. The first-order chi connectivity index (χ1) is 11.3. The van der Waals surface area contributed by atoms with Crippen molar-refractivity contribution in [3.8, 4) is 0 Å². The number of carbonyl (C=O) groups is 2. The molecule has 1 amide bonds. The first kappa shape index (κ1) is 18.8. The van der Waals surface area contributed by atoms with Crippen molar-refractivity contribution in [3.05, 3.63) is 0 Å². The quantitative estimate of drug-likeness (QED) is 0.728. The van der Waals surface area contributed by atoms with Crippen LogP contribution >= 0.6 is 0 Å². The molecule has 2 aliphatic rings. The molecule has 2 saturated heterocycles. The van der Waals surface area contributed by atoms with Crippen LogP contribution in [0.1, 0.15) is 25.7 Å². The zero-order chi connectivity index (χ0) is 17.9. The van der Waals surface area contributed by atoms with E-state index < -0.39 is 36.2 Å². The van der Waals surface area contributed by atoms with Crippen molar-refractivity contribution in [1.29, 1.82) is 0 Å². The fraction of sp³-hybridized carbons (Fsp3) is 0.867. The molecule has 24 heavy (non-hydrogen) atoms. The lowest BCUT2D eigenvalue weighted by Gasteiger charge is -2.40. The Morgan fingerprint density at radius 2 is 1.83 bits per heavy atom. The molecule has 0 saturated carbocycles. The number of rotatable bonds is 3. The predicted octanol–water partition coefficient (Wildman–Crippen LogP) is 2.03. The molecule has 2 aliphatic heterocycles. The minimum Gasteiger partial charge on any atom is -0.469 e. The smallest absolute Gasteiger partial charge is 0.409 e. The molecule has 0 unspecified atom stereocenters. The van der Waals surface area contributed by atoms with E-state index in [0.717, 1.165) is 0 Å². The summed E-state index contributed by atoms with van der Waals surface area (Å²) in [5, 5.41) is 0. The average Bonchev–Trinajstić information content (AvgIpc) is 3.01. The summed E-state index contributed by atoms with van der Waals surface area (Å²) in [6, 6.07) is -1.99. The Kier molecular flexibility index (Phi) is 5.95. The minimum atomic E-state index is -4.29. The van der Waals surface area contributed by atoms with Gasteiger partial charge in [0.1, 0.15) is 6.04 Å². The zero-order valence-electron chi connectivity index (χ0n) is 13.8. The summed E-state index contributed by atoms with van der Waals surface area (Å²) >= 11 is 0. The van der Waals surface area contributed by atoms with E-state index in [4.69, 9.17) is 9.47 Å². The lowest BCUT2D eigenvalue weighted by atomic mass is 9.90. The highest BCUT2D eigenvalue weighted by Crippen LogP contribution is 2.34. The Bertz CT molecular complexity index is 472. The van der Waals surface area contributed by atoms with Gasteiger partial charge in [0.25, 0.3) is 0 Å². The van der Waals surface area contributed by atoms with E-state index in [2.05, 4.69) is 0 Å². The predicted molar refractivity (Wildman–Crippen MR) is 78.3 cm³/mol. The van der Waals surface area contributed by atoms with Crippen LogP contribution in [0, 0.1) is 5.92 Å². The number of nitrogens with zero attached hydrogens (tertiary/aromatic N) is 2. The molecule has 0 spiro atoms. The third-order valence-electron chi connectivity index (χ3n) is 4.85. The van der Waals surface area contributed by atoms with E-state index in [0.29, 0.717) is 19.4 Å². The van der Waals surface area contributed by atoms with Gasteiger partial charge in [-0.15, -0.1) is 0 Å². The fourth-order valence-electron chi connectivity index (χ4n) is 3.65. The van der Waals surface area contributed by atoms with Gasteiger partial charge < -0.3 is 14.4 Å². The van der Waals surface area contributed by atoms with Crippen molar-refractivity contribution in [2.45, 2.75) is 43.9 Å². The molecule has 6 nitrogen and oxygen atoms in total. The number of ether oxygens (including phenoxy) is 2. The number of methoxy groups -OCH3 is 2. The number of halogens is 3. The van der Waals surface area contributed by atoms with E-state index >= 15 is 0 Å². The molecule has 3 atom stereocenters. The van der Waals surface area contributed by atoms with Gasteiger partial charge >= 0.3 is 18.2 Å². The molecule has 2 heterocycles. The Balaban J connectivity index is 2.11. The Hall–Kier alpha value is -1.51. The fourth-order valence-corrected chi connectivity index (χ4v) is 3.65. The molecule has 0 aromatic heterocycles. The van der Waals surface area contributed by atoms with Gasteiger partial charge in [-0.3, -0.25) is 9.69 Å². The highest BCUT2D eigenvalue weighted by molar-refractivity contribution is 5.73. The van der Waals surface area contributed by atoms with E-state index in [9.17, 15) is 22.8 Å². The number of alkyl halides is 3. The standard InChI is InChI=1S/C15H23F3N2O4/c1-23-13(21)10-5-7-20(14(22)24-2)11(8-10)9-19-6-3-4-12(19)15(16,17)18/h10-12H,3-9H2,1-2H3/t10-,11-,12+/m0/s1. The molecule has 0 aromatic rings. The number of carbonyl (C=O) groups excluding carboxylic acids is 2. The lowest BCUT2D eigenvalue weighted by Crippen LogP contribution is -2.54. The second kappa shape index (κ2) is 7.58. The van der Waals surface area contributed by atoms with Gasteiger partial charge in [0.05, 0.1) is 20.1 Å². The second-order valence-corrected chi connectivity index (χ2v) is 6.26. The summed E-state index contributed by atoms with van der Waals surface area (Å²) in [6.45, 7) is 0.674. The van der Waals surface area contributed by atoms with Crippen molar-refractivity contribution in [3.63, 3.8) is 0 Å². The largest absolute Gasteiger partial charge is 0.469 e. The third-order valence-corrected chi connectivity index (χ3v) is 4.85. The summed E-state index contributed by atoms with van der Waals surface area (Å²) in [4.78, 5) is 26.5. The van der Waals surface area contributed by atoms with Crippen LogP contribution in [0.25, 0.3) is 0 Å². The maximum atomic E-state index is 13.1. The molecule has 0 radical (unpaired) electrons. The molecular formula is C15H23F3N2O4. The third kappa shape index (κ3) is 4.12. The molecule has 0 bridgehead atoms. The van der Waals surface area contributed by atoms with Crippen LogP contribution in [0.5, 0.6) is 0 Å². The molecule has 9 heteroatoms. The van der Waals surface area contributed by atoms with Gasteiger partial charge in [-0.25, -0.2) is 4.79 Å². The van der Waals surface area contributed by atoms with Crippen molar-refractivity contribution >= 4 is 12.1 Å². The Morgan fingerprint density at radius 1 is 1.12 bits per heavy atom. The maximum Gasteiger partial charge on any atom is 0.409 e. The number of hydrogen-bond donors (Lipinski definition) is 0. The van der Waals surface area contributed by atoms with Gasteiger partial charge in [-0.2, -0.15) is 13.2 Å². The van der Waals surface area contributed by atoms with Crippen LogP contribution in [-0.4, -0.2) is 74.0 Å². The van der Waals surface area contributed by atoms with Crippen molar-refractivity contribution in [2.24, 2.45) is 5.92 Å². The SMILES string of the molecule is COC(=O)[C@H]1CCN(C(=O)OC)[C@H](CN2CCC[C@@H]2C(F)(F)F)C1. The number of likely N-dealkylation sites (tertiary alicyclic amines) is 2. The highest BCUT2D eigenvalue weighted by Gasteiger charge is 2.47.